The molecule has 0 saturated heterocycles. The summed E-state index contributed by atoms with van der Waals surface area (Å²) in [6.45, 7) is 5.56. The molecule has 0 amide bonds. The van der Waals surface area contributed by atoms with Crippen LogP contribution in [0.15, 0.2) is 12.1 Å². The molecule has 1 unspecified atom stereocenters. The molecule has 3 nitrogen and oxygen atoms in total. The second-order valence-electron chi connectivity index (χ2n) is 3.37. The summed E-state index contributed by atoms with van der Waals surface area (Å²) in [5.41, 5.74) is 8.32. The summed E-state index contributed by atoms with van der Waals surface area (Å²) in [4.78, 5) is 0. The number of nitriles is 1. The Morgan fingerprint density at radius 1 is 1.36 bits per heavy atom. The fourth-order valence-electron chi connectivity index (χ4n) is 1.37. The van der Waals surface area contributed by atoms with Crippen LogP contribution in [0, 0.1) is 25.2 Å². The molecule has 0 aliphatic heterocycles. The Balaban J connectivity index is 3.04. The van der Waals surface area contributed by atoms with E-state index in [1.165, 1.54) is 0 Å². The molecule has 0 heterocycles. The van der Waals surface area contributed by atoms with Gasteiger partial charge >= 0.3 is 0 Å². The highest BCUT2D eigenvalue weighted by atomic mass is 16.5. The van der Waals surface area contributed by atoms with Crippen molar-refractivity contribution in [3.05, 3.63) is 23.3 Å². The number of ether oxygens (including phenoxy) is 1. The second-order valence-corrected chi connectivity index (χ2v) is 3.37. The molecule has 0 aromatic heterocycles. The fraction of sp³-hybridized carbons (Fsp3) is 0.364. The largest absolute Gasteiger partial charge is 0.475 e. The van der Waals surface area contributed by atoms with Crippen LogP contribution in [0.4, 0.5) is 5.69 Å². The van der Waals surface area contributed by atoms with Crippen LogP contribution in [0.5, 0.6) is 5.75 Å². The molecule has 1 aromatic carbocycles. The summed E-state index contributed by atoms with van der Waals surface area (Å²) < 4.78 is 5.46. The van der Waals surface area contributed by atoms with Gasteiger partial charge in [0.1, 0.15) is 11.8 Å². The molecule has 0 spiro atoms. The van der Waals surface area contributed by atoms with Crippen LogP contribution in [0.25, 0.3) is 0 Å². The molecule has 0 radical (unpaired) electrons. The molecule has 14 heavy (non-hydrogen) atoms. The van der Waals surface area contributed by atoms with Gasteiger partial charge in [-0.15, -0.1) is 0 Å². The molecule has 0 bridgehead atoms. The topological polar surface area (TPSA) is 59.0 Å². The van der Waals surface area contributed by atoms with Gasteiger partial charge in [0.2, 0.25) is 0 Å². The summed E-state index contributed by atoms with van der Waals surface area (Å²) in [5, 5.41) is 8.63. The molecule has 1 atom stereocenters. The molecule has 0 aliphatic carbocycles. The maximum atomic E-state index is 8.63. The number of aryl methyl sites for hydroxylation is 2. The van der Waals surface area contributed by atoms with Crippen LogP contribution in [-0.4, -0.2) is 6.10 Å². The number of hydrogen-bond acceptors (Lipinski definition) is 3. The molecule has 3 heteroatoms. The summed E-state index contributed by atoms with van der Waals surface area (Å²) >= 11 is 0. The highest BCUT2D eigenvalue weighted by Gasteiger charge is 2.08. The summed E-state index contributed by atoms with van der Waals surface area (Å²) in [6, 6.07) is 5.71. The third-order valence-corrected chi connectivity index (χ3v) is 1.96. The Morgan fingerprint density at radius 3 is 2.29 bits per heavy atom. The molecule has 0 aliphatic rings. The van der Waals surface area contributed by atoms with E-state index >= 15 is 0 Å². The summed E-state index contributed by atoms with van der Waals surface area (Å²) in [6.07, 6.45) is -0.434. The lowest BCUT2D eigenvalue weighted by molar-refractivity contribution is 0.273. The van der Waals surface area contributed by atoms with E-state index in [0.29, 0.717) is 0 Å². The first-order chi connectivity index (χ1) is 6.54. The lowest BCUT2D eigenvalue weighted by Gasteiger charge is -2.13. The van der Waals surface area contributed by atoms with Crippen LogP contribution < -0.4 is 10.5 Å². The Morgan fingerprint density at radius 2 is 1.86 bits per heavy atom. The zero-order chi connectivity index (χ0) is 10.7. The lowest BCUT2D eigenvalue weighted by atomic mass is 10.1. The SMILES string of the molecule is Cc1cc(N)cc(C)c1OC(C)C#N. The van der Waals surface area contributed by atoms with Gasteiger partial charge in [0.05, 0.1) is 0 Å². The number of rotatable bonds is 2. The van der Waals surface area contributed by atoms with Gasteiger partial charge in [0, 0.05) is 5.69 Å². The molecular weight excluding hydrogens is 176 g/mol. The first kappa shape index (κ1) is 10.4. The van der Waals surface area contributed by atoms with Gasteiger partial charge in [0.15, 0.2) is 6.10 Å². The average Bonchev–Trinajstić information content (AvgIpc) is 2.10. The van der Waals surface area contributed by atoms with Crippen molar-refractivity contribution in [2.24, 2.45) is 0 Å². The summed E-state index contributed by atoms with van der Waals surface area (Å²) in [5.74, 6) is 0.758. The van der Waals surface area contributed by atoms with E-state index in [1.54, 1.807) is 6.92 Å². The van der Waals surface area contributed by atoms with Gasteiger partial charge in [-0.05, 0) is 44.0 Å². The van der Waals surface area contributed by atoms with Crippen molar-refractivity contribution in [2.75, 3.05) is 5.73 Å². The molecule has 0 fully saturated rings. The number of anilines is 1. The highest BCUT2D eigenvalue weighted by molar-refractivity contribution is 5.52. The predicted molar refractivity (Wildman–Crippen MR) is 56.0 cm³/mol. The quantitative estimate of drug-likeness (QED) is 0.727. The van der Waals surface area contributed by atoms with Gasteiger partial charge in [-0.2, -0.15) is 5.26 Å². The van der Waals surface area contributed by atoms with E-state index < -0.39 is 6.10 Å². The predicted octanol–water partition coefficient (Wildman–Crippen LogP) is 2.18. The molecule has 74 valence electrons. The van der Waals surface area contributed by atoms with Gasteiger partial charge in [0.25, 0.3) is 0 Å². The number of nitrogen functional groups attached to an aromatic ring is 1. The maximum absolute atomic E-state index is 8.63. The molecule has 1 rings (SSSR count). The molecule has 1 aromatic rings. The van der Waals surface area contributed by atoms with E-state index in [4.69, 9.17) is 15.7 Å². The Labute approximate surface area is 84.1 Å². The number of nitrogens with zero attached hydrogens (tertiary/aromatic N) is 1. The van der Waals surface area contributed by atoms with Crippen LogP contribution in [0.1, 0.15) is 18.1 Å². The monoisotopic (exact) mass is 190 g/mol. The standard InChI is InChI=1S/C11H14N2O/c1-7-4-10(13)5-8(2)11(7)14-9(3)6-12/h4-5,9H,13H2,1-3H3. The third kappa shape index (κ3) is 2.17. The normalized spacial score (nSPS) is 11.9. The molecule has 2 N–H and O–H groups in total. The van der Waals surface area contributed by atoms with E-state index in [0.717, 1.165) is 22.6 Å². The molecule has 0 saturated carbocycles. The minimum atomic E-state index is -0.434. The fourth-order valence-corrected chi connectivity index (χ4v) is 1.37. The maximum Gasteiger partial charge on any atom is 0.181 e. The van der Waals surface area contributed by atoms with E-state index in [-0.39, 0.29) is 0 Å². The minimum Gasteiger partial charge on any atom is -0.475 e. The van der Waals surface area contributed by atoms with Crippen LogP contribution >= 0.6 is 0 Å². The van der Waals surface area contributed by atoms with E-state index in [9.17, 15) is 0 Å². The average molecular weight is 190 g/mol. The minimum absolute atomic E-state index is 0.434. The Hall–Kier alpha value is -1.69. The van der Waals surface area contributed by atoms with Crippen LogP contribution in [-0.2, 0) is 0 Å². The zero-order valence-electron chi connectivity index (χ0n) is 8.66. The van der Waals surface area contributed by atoms with Crippen molar-refractivity contribution >= 4 is 5.69 Å². The van der Waals surface area contributed by atoms with Crippen molar-refractivity contribution in [1.29, 1.82) is 5.26 Å². The highest BCUT2D eigenvalue weighted by Crippen LogP contribution is 2.26. The third-order valence-electron chi connectivity index (χ3n) is 1.96. The van der Waals surface area contributed by atoms with Crippen molar-refractivity contribution in [3.8, 4) is 11.8 Å². The van der Waals surface area contributed by atoms with Crippen molar-refractivity contribution < 1.29 is 4.74 Å². The number of nitrogens with two attached hydrogens (primary N) is 1. The van der Waals surface area contributed by atoms with Gasteiger partial charge in [-0.3, -0.25) is 0 Å². The number of hydrogen-bond donors (Lipinski definition) is 1. The van der Waals surface area contributed by atoms with Crippen molar-refractivity contribution in [2.45, 2.75) is 26.9 Å². The van der Waals surface area contributed by atoms with Gasteiger partial charge < -0.3 is 10.5 Å². The van der Waals surface area contributed by atoms with Crippen molar-refractivity contribution in [3.63, 3.8) is 0 Å². The van der Waals surface area contributed by atoms with E-state index in [1.807, 2.05) is 32.0 Å². The van der Waals surface area contributed by atoms with Gasteiger partial charge in [-0.1, -0.05) is 0 Å². The van der Waals surface area contributed by atoms with Gasteiger partial charge in [-0.25, -0.2) is 0 Å². The second kappa shape index (κ2) is 4.01. The smallest absolute Gasteiger partial charge is 0.181 e. The Kier molecular flexibility index (Phi) is 2.98. The van der Waals surface area contributed by atoms with Crippen LogP contribution in [0.2, 0.25) is 0 Å². The number of benzene rings is 1. The summed E-state index contributed by atoms with van der Waals surface area (Å²) in [7, 11) is 0. The molecular formula is C11H14N2O. The first-order valence-corrected chi connectivity index (χ1v) is 4.47. The lowest BCUT2D eigenvalue weighted by Crippen LogP contribution is -2.10. The van der Waals surface area contributed by atoms with Crippen molar-refractivity contribution in [1.82, 2.24) is 0 Å². The Bertz CT molecular complexity index is 356. The van der Waals surface area contributed by atoms with Crippen LogP contribution in [0.3, 0.4) is 0 Å². The first-order valence-electron chi connectivity index (χ1n) is 4.47. The zero-order valence-corrected chi connectivity index (χ0v) is 8.66. The van der Waals surface area contributed by atoms with E-state index in [2.05, 4.69) is 0 Å².